The fourth-order valence-corrected chi connectivity index (χ4v) is 1.27. The zero-order chi connectivity index (χ0) is 10.7. The van der Waals surface area contributed by atoms with Gasteiger partial charge in [0.2, 0.25) is 0 Å². The number of nitrogen functional groups attached to an aromatic ring is 1. The molecule has 1 aromatic carbocycles. The second-order valence-corrected chi connectivity index (χ2v) is 3.27. The molecule has 0 saturated carbocycles. The SMILES string of the molecule is Cn1c(COc2ccccc2)cnc1N. The normalized spacial score (nSPS) is 10.2. The Labute approximate surface area is 88.3 Å². The molecule has 0 radical (unpaired) electrons. The van der Waals surface area contributed by atoms with Gasteiger partial charge in [0.1, 0.15) is 12.4 Å². The van der Waals surface area contributed by atoms with E-state index in [0.29, 0.717) is 12.6 Å². The number of aromatic nitrogens is 2. The number of benzene rings is 1. The number of hydrogen-bond acceptors (Lipinski definition) is 3. The summed E-state index contributed by atoms with van der Waals surface area (Å²) in [6, 6.07) is 9.66. The maximum Gasteiger partial charge on any atom is 0.200 e. The molecule has 2 aromatic rings. The number of rotatable bonds is 3. The van der Waals surface area contributed by atoms with Crippen LogP contribution in [0.1, 0.15) is 5.69 Å². The van der Waals surface area contributed by atoms with Crippen molar-refractivity contribution in [2.45, 2.75) is 6.61 Å². The molecule has 2 N–H and O–H groups in total. The van der Waals surface area contributed by atoms with Crippen molar-refractivity contribution in [2.75, 3.05) is 5.73 Å². The van der Waals surface area contributed by atoms with E-state index < -0.39 is 0 Å². The van der Waals surface area contributed by atoms with Crippen LogP contribution in [0.2, 0.25) is 0 Å². The van der Waals surface area contributed by atoms with Crippen LogP contribution in [-0.2, 0) is 13.7 Å². The van der Waals surface area contributed by atoms with Gasteiger partial charge in [0.15, 0.2) is 5.95 Å². The van der Waals surface area contributed by atoms with E-state index in [1.807, 2.05) is 41.9 Å². The van der Waals surface area contributed by atoms with Gasteiger partial charge in [0.05, 0.1) is 11.9 Å². The zero-order valence-corrected chi connectivity index (χ0v) is 8.55. The summed E-state index contributed by atoms with van der Waals surface area (Å²) in [6.45, 7) is 0.477. The molecular formula is C11H13N3O. The van der Waals surface area contributed by atoms with Gasteiger partial charge >= 0.3 is 0 Å². The average Bonchev–Trinajstić information content (AvgIpc) is 2.59. The Morgan fingerprint density at radius 3 is 2.67 bits per heavy atom. The topological polar surface area (TPSA) is 53.1 Å². The highest BCUT2D eigenvalue weighted by Gasteiger charge is 2.03. The lowest BCUT2D eigenvalue weighted by atomic mass is 10.3. The van der Waals surface area contributed by atoms with Crippen LogP contribution in [0.15, 0.2) is 36.5 Å². The molecule has 15 heavy (non-hydrogen) atoms. The monoisotopic (exact) mass is 203 g/mol. The molecular weight excluding hydrogens is 190 g/mol. The predicted molar refractivity (Wildman–Crippen MR) is 58.4 cm³/mol. The molecule has 0 aliphatic carbocycles. The molecule has 4 heteroatoms. The maximum atomic E-state index is 5.61. The first kappa shape index (κ1) is 9.58. The quantitative estimate of drug-likeness (QED) is 0.824. The number of imidazole rings is 1. The van der Waals surface area contributed by atoms with E-state index in [2.05, 4.69) is 4.98 Å². The molecule has 0 fully saturated rings. The number of nitrogens with two attached hydrogens (primary N) is 1. The lowest BCUT2D eigenvalue weighted by Crippen LogP contribution is -2.04. The van der Waals surface area contributed by atoms with Gasteiger partial charge in [-0.15, -0.1) is 0 Å². The van der Waals surface area contributed by atoms with Crippen LogP contribution in [-0.4, -0.2) is 9.55 Å². The molecule has 0 saturated heterocycles. The van der Waals surface area contributed by atoms with Crippen LogP contribution in [0.4, 0.5) is 5.95 Å². The van der Waals surface area contributed by atoms with Crippen LogP contribution in [0.3, 0.4) is 0 Å². The van der Waals surface area contributed by atoms with Crippen molar-refractivity contribution < 1.29 is 4.74 Å². The highest BCUT2D eigenvalue weighted by molar-refractivity contribution is 5.23. The summed E-state index contributed by atoms with van der Waals surface area (Å²) in [5, 5.41) is 0. The first-order valence-electron chi connectivity index (χ1n) is 4.71. The summed E-state index contributed by atoms with van der Waals surface area (Å²) in [7, 11) is 1.87. The van der Waals surface area contributed by atoms with Crippen LogP contribution < -0.4 is 10.5 Å². The minimum Gasteiger partial charge on any atom is -0.487 e. The van der Waals surface area contributed by atoms with Crippen LogP contribution in [0.5, 0.6) is 5.75 Å². The molecule has 0 aliphatic rings. The molecule has 0 aliphatic heterocycles. The zero-order valence-electron chi connectivity index (χ0n) is 8.55. The first-order valence-corrected chi connectivity index (χ1v) is 4.71. The number of ether oxygens (including phenoxy) is 1. The summed E-state index contributed by atoms with van der Waals surface area (Å²) in [5.41, 5.74) is 6.56. The number of nitrogens with zero attached hydrogens (tertiary/aromatic N) is 2. The third-order valence-corrected chi connectivity index (χ3v) is 2.25. The Bertz CT molecular complexity index is 436. The molecule has 0 spiro atoms. The van der Waals surface area contributed by atoms with E-state index in [1.165, 1.54) is 0 Å². The second-order valence-electron chi connectivity index (χ2n) is 3.27. The van der Waals surface area contributed by atoms with E-state index in [9.17, 15) is 0 Å². The van der Waals surface area contributed by atoms with E-state index in [1.54, 1.807) is 6.20 Å². The van der Waals surface area contributed by atoms with Gasteiger partial charge in [-0.2, -0.15) is 0 Å². The number of hydrogen-bond donors (Lipinski definition) is 1. The Hall–Kier alpha value is -1.97. The van der Waals surface area contributed by atoms with Gasteiger partial charge < -0.3 is 15.0 Å². The van der Waals surface area contributed by atoms with Crippen molar-refractivity contribution in [3.63, 3.8) is 0 Å². The van der Waals surface area contributed by atoms with Gasteiger partial charge in [-0.3, -0.25) is 0 Å². The van der Waals surface area contributed by atoms with Crippen molar-refractivity contribution >= 4 is 5.95 Å². The standard InChI is InChI=1S/C11H13N3O/c1-14-9(7-13-11(14)12)8-15-10-5-3-2-4-6-10/h2-7H,8H2,1H3,(H2,12,13). The fraction of sp³-hybridized carbons (Fsp3) is 0.182. The largest absolute Gasteiger partial charge is 0.487 e. The van der Waals surface area contributed by atoms with Gasteiger partial charge in [-0.1, -0.05) is 18.2 Å². The second kappa shape index (κ2) is 4.04. The van der Waals surface area contributed by atoms with Gasteiger partial charge in [-0.05, 0) is 12.1 Å². The van der Waals surface area contributed by atoms with Crippen molar-refractivity contribution in [2.24, 2.45) is 7.05 Å². The smallest absolute Gasteiger partial charge is 0.200 e. The van der Waals surface area contributed by atoms with Gasteiger partial charge in [-0.25, -0.2) is 4.98 Å². The molecule has 0 amide bonds. The van der Waals surface area contributed by atoms with E-state index in [0.717, 1.165) is 11.4 Å². The molecule has 0 atom stereocenters. The summed E-state index contributed by atoms with van der Waals surface area (Å²) in [4.78, 5) is 3.99. The molecule has 78 valence electrons. The number of anilines is 1. The van der Waals surface area contributed by atoms with Crippen molar-refractivity contribution in [3.05, 3.63) is 42.2 Å². The molecule has 0 unspecified atom stereocenters. The van der Waals surface area contributed by atoms with Crippen molar-refractivity contribution in [1.82, 2.24) is 9.55 Å². The van der Waals surface area contributed by atoms with Crippen molar-refractivity contribution in [1.29, 1.82) is 0 Å². The third kappa shape index (κ3) is 2.10. The third-order valence-electron chi connectivity index (χ3n) is 2.25. The summed E-state index contributed by atoms with van der Waals surface area (Å²) >= 11 is 0. The van der Waals surface area contributed by atoms with Crippen molar-refractivity contribution in [3.8, 4) is 5.75 Å². The molecule has 2 rings (SSSR count). The van der Waals surface area contributed by atoms with E-state index in [-0.39, 0.29) is 0 Å². The van der Waals surface area contributed by atoms with Crippen LogP contribution in [0, 0.1) is 0 Å². The van der Waals surface area contributed by atoms with E-state index >= 15 is 0 Å². The summed E-state index contributed by atoms with van der Waals surface area (Å²) in [5.74, 6) is 1.35. The molecule has 1 aromatic heterocycles. The van der Waals surface area contributed by atoms with Gasteiger partial charge in [0, 0.05) is 7.05 Å². The number of para-hydroxylation sites is 1. The minimum atomic E-state index is 0.477. The Morgan fingerprint density at radius 2 is 2.07 bits per heavy atom. The summed E-state index contributed by atoms with van der Waals surface area (Å²) in [6.07, 6.45) is 1.72. The van der Waals surface area contributed by atoms with Crippen LogP contribution >= 0.6 is 0 Å². The molecule has 0 bridgehead atoms. The predicted octanol–water partition coefficient (Wildman–Crippen LogP) is 1.58. The maximum absolute atomic E-state index is 5.61. The highest BCUT2D eigenvalue weighted by atomic mass is 16.5. The first-order chi connectivity index (χ1) is 7.27. The Balaban J connectivity index is 2.02. The fourth-order valence-electron chi connectivity index (χ4n) is 1.27. The van der Waals surface area contributed by atoms with Crippen LogP contribution in [0.25, 0.3) is 0 Å². The average molecular weight is 203 g/mol. The highest BCUT2D eigenvalue weighted by Crippen LogP contribution is 2.12. The minimum absolute atomic E-state index is 0.477. The Kier molecular flexibility index (Phi) is 2.58. The summed E-state index contributed by atoms with van der Waals surface area (Å²) < 4.78 is 7.38. The lowest BCUT2D eigenvalue weighted by Gasteiger charge is -2.06. The molecule has 1 heterocycles. The van der Waals surface area contributed by atoms with Gasteiger partial charge in [0.25, 0.3) is 0 Å². The van der Waals surface area contributed by atoms with E-state index in [4.69, 9.17) is 10.5 Å². The Morgan fingerprint density at radius 1 is 1.33 bits per heavy atom. The molecule has 4 nitrogen and oxygen atoms in total. The lowest BCUT2D eigenvalue weighted by molar-refractivity contribution is 0.297.